The van der Waals surface area contributed by atoms with E-state index in [2.05, 4.69) is 9.97 Å². The van der Waals surface area contributed by atoms with Crippen LogP contribution in [0.1, 0.15) is 0 Å². The summed E-state index contributed by atoms with van der Waals surface area (Å²) < 4.78 is 26.3. The third-order valence-electron chi connectivity index (χ3n) is 1.87. The Kier molecular flexibility index (Phi) is 2.60. The molecule has 1 aromatic heterocycles. The molecule has 1 heterocycles. The minimum atomic E-state index is -0.960. The third kappa shape index (κ3) is 1.80. The van der Waals surface area contributed by atoms with Gasteiger partial charge in [0, 0.05) is 11.8 Å². The lowest BCUT2D eigenvalue weighted by Crippen LogP contribution is -1.92. The van der Waals surface area contributed by atoms with E-state index in [4.69, 9.17) is 11.6 Å². The van der Waals surface area contributed by atoms with Crippen LogP contribution in [0.3, 0.4) is 0 Å². The molecule has 76 valence electrons. The second kappa shape index (κ2) is 3.90. The summed E-state index contributed by atoms with van der Waals surface area (Å²) in [4.78, 5) is 7.46. The Hall–Kier alpha value is -1.55. The second-order valence-corrected chi connectivity index (χ2v) is 3.23. The molecule has 0 spiro atoms. The van der Waals surface area contributed by atoms with Gasteiger partial charge in [-0.1, -0.05) is 17.7 Å². The first-order valence-corrected chi connectivity index (χ1v) is 4.48. The fourth-order valence-electron chi connectivity index (χ4n) is 1.20. The molecule has 0 radical (unpaired) electrons. The molecule has 0 N–H and O–H groups in total. The predicted octanol–water partition coefficient (Wildman–Crippen LogP) is 3.08. The molecule has 2 rings (SSSR count). The number of aromatic nitrogens is 2. The van der Waals surface area contributed by atoms with E-state index in [-0.39, 0.29) is 16.3 Å². The molecule has 5 heteroatoms. The number of nitrogens with zero attached hydrogens (tertiary/aromatic N) is 2. The van der Waals surface area contributed by atoms with Crippen LogP contribution in [0.5, 0.6) is 0 Å². The molecule has 0 bridgehead atoms. The molecule has 0 aliphatic rings. The van der Waals surface area contributed by atoms with Crippen molar-refractivity contribution in [2.24, 2.45) is 0 Å². The number of hydrogen-bond donors (Lipinski definition) is 0. The maximum absolute atomic E-state index is 13.4. The maximum atomic E-state index is 13.4. The summed E-state index contributed by atoms with van der Waals surface area (Å²) in [7, 11) is 0. The third-order valence-corrected chi connectivity index (χ3v) is 2.15. The summed E-state index contributed by atoms with van der Waals surface area (Å²) >= 11 is 5.77. The van der Waals surface area contributed by atoms with Gasteiger partial charge in [0.25, 0.3) is 0 Å². The summed E-state index contributed by atoms with van der Waals surface area (Å²) in [5.74, 6) is -1.89. The van der Waals surface area contributed by atoms with Crippen molar-refractivity contribution in [2.75, 3.05) is 0 Å². The van der Waals surface area contributed by atoms with Crippen molar-refractivity contribution in [3.05, 3.63) is 47.4 Å². The highest BCUT2D eigenvalue weighted by molar-refractivity contribution is 6.32. The van der Waals surface area contributed by atoms with Gasteiger partial charge in [0.2, 0.25) is 0 Å². The van der Waals surface area contributed by atoms with Crippen LogP contribution in [0.2, 0.25) is 5.02 Å². The van der Waals surface area contributed by atoms with Crippen LogP contribution in [-0.4, -0.2) is 9.97 Å². The van der Waals surface area contributed by atoms with Gasteiger partial charge in [0.05, 0.1) is 10.7 Å². The predicted molar refractivity (Wildman–Crippen MR) is 52.4 cm³/mol. The highest BCUT2D eigenvalue weighted by atomic mass is 35.5. The van der Waals surface area contributed by atoms with Crippen LogP contribution >= 0.6 is 11.6 Å². The lowest BCUT2D eigenvalue weighted by atomic mass is 10.1. The van der Waals surface area contributed by atoms with Crippen molar-refractivity contribution in [1.29, 1.82) is 0 Å². The van der Waals surface area contributed by atoms with Crippen LogP contribution < -0.4 is 0 Å². The molecule has 1 aromatic carbocycles. The minimum Gasteiger partial charge on any atom is -0.243 e. The van der Waals surface area contributed by atoms with Crippen LogP contribution in [0.15, 0.2) is 30.7 Å². The zero-order chi connectivity index (χ0) is 10.8. The number of rotatable bonds is 1. The minimum absolute atomic E-state index is 0.0300. The molecule has 0 aliphatic carbocycles. The fraction of sp³-hybridized carbons (Fsp3) is 0. The van der Waals surface area contributed by atoms with E-state index < -0.39 is 11.6 Å². The van der Waals surface area contributed by atoms with E-state index in [0.717, 1.165) is 6.07 Å². The van der Waals surface area contributed by atoms with Gasteiger partial charge < -0.3 is 0 Å². The first-order valence-electron chi connectivity index (χ1n) is 4.10. The van der Waals surface area contributed by atoms with Crippen molar-refractivity contribution < 1.29 is 8.78 Å². The first-order chi connectivity index (χ1) is 7.20. The van der Waals surface area contributed by atoms with Gasteiger partial charge in [-0.05, 0) is 12.1 Å². The Labute approximate surface area is 89.6 Å². The van der Waals surface area contributed by atoms with E-state index >= 15 is 0 Å². The van der Waals surface area contributed by atoms with Crippen LogP contribution in [0.25, 0.3) is 11.3 Å². The smallest absolute Gasteiger partial charge is 0.168 e. The first kappa shape index (κ1) is 9.98. The van der Waals surface area contributed by atoms with E-state index in [1.807, 2.05) is 0 Å². The largest absolute Gasteiger partial charge is 0.243 e. The molecular weight excluding hydrogens is 222 g/mol. The fourth-order valence-corrected chi connectivity index (χ4v) is 1.40. The van der Waals surface area contributed by atoms with Gasteiger partial charge in [-0.3, -0.25) is 0 Å². The molecule has 2 nitrogen and oxygen atoms in total. The molecule has 0 saturated carbocycles. The van der Waals surface area contributed by atoms with Gasteiger partial charge in [0.1, 0.15) is 6.33 Å². The zero-order valence-corrected chi connectivity index (χ0v) is 8.17. The van der Waals surface area contributed by atoms with Gasteiger partial charge in [-0.25, -0.2) is 18.7 Å². The average Bonchev–Trinajstić information content (AvgIpc) is 2.23. The Morgan fingerprint density at radius 2 is 2.00 bits per heavy atom. The topological polar surface area (TPSA) is 25.8 Å². The second-order valence-electron chi connectivity index (χ2n) is 2.82. The summed E-state index contributed by atoms with van der Waals surface area (Å²) in [6, 6.07) is 3.84. The maximum Gasteiger partial charge on any atom is 0.168 e. The Balaban J connectivity index is 2.65. The Morgan fingerprint density at radius 1 is 1.20 bits per heavy atom. The van der Waals surface area contributed by atoms with Gasteiger partial charge in [-0.15, -0.1) is 0 Å². The van der Waals surface area contributed by atoms with E-state index in [9.17, 15) is 8.78 Å². The quantitative estimate of drug-likeness (QED) is 0.747. The molecule has 0 unspecified atom stereocenters. The molecule has 0 saturated heterocycles. The van der Waals surface area contributed by atoms with Gasteiger partial charge >= 0.3 is 0 Å². The molecule has 0 amide bonds. The van der Waals surface area contributed by atoms with Gasteiger partial charge in [-0.2, -0.15) is 0 Å². The number of benzene rings is 1. The van der Waals surface area contributed by atoms with Gasteiger partial charge in [0.15, 0.2) is 11.6 Å². The zero-order valence-electron chi connectivity index (χ0n) is 7.42. The van der Waals surface area contributed by atoms with Crippen molar-refractivity contribution >= 4 is 11.6 Å². The van der Waals surface area contributed by atoms with Crippen LogP contribution in [0, 0.1) is 11.6 Å². The molecular formula is C10H5ClF2N2. The van der Waals surface area contributed by atoms with E-state index in [1.54, 1.807) is 0 Å². The Morgan fingerprint density at radius 3 is 2.73 bits per heavy atom. The Bertz CT molecular complexity index is 503. The molecule has 2 aromatic rings. The van der Waals surface area contributed by atoms with Crippen molar-refractivity contribution in [3.63, 3.8) is 0 Å². The molecule has 15 heavy (non-hydrogen) atoms. The molecule has 0 aliphatic heterocycles. The summed E-state index contributed by atoms with van der Waals surface area (Å²) in [5, 5.41) is 0.182. The van der Waals surface area contributed by atoms with Crippen molar-refractivity contribution in [1.82, 2.24) is 9.97 Å². The lowest BCUT2D eigenvalue weighted by Gasteiger charge is -2.03. The van der Waals surface area contributed by atoms with Crippen LogP contribution in [0.4, 0.5) is 8.78 Å². The standard InChI is InChI=1S/C10H5ClF2N2/c11-7-4-14-5-15-10(7)6-2-1-3-8(12)9(6)13/h1-5H. The summed E-state index contributed by atoms with van der Waals surface area (Å²) in [6.07, 6.45) is 2.56. The monoisotopic (exact) mass is 226 g/mol. The number of halogens is 3. The lowest BCUT2D eigenvalue weighted by molar-refractivity contribution is 0.511. The number of hydrogen-bond acceptors (Lipinski definition) is 2. The normalized spacial score (nSPS) is 10.3. The van der Waals surface area contributed by atoms with Crippen molar-refractivity contribution in [3.8, 4) is 11.3 Å². The molecule has 0 atom stereocenters. The van der Waals surface area contributed by atoms with E-state index in [0.29, 0.717) is 0 Å². The van der Waals surface area contributed by atoms with E-state index in [1.165, 1.54) is 24.7 Å². The van der Waals surface area contributed by atoms with Crippen molar-refractivity contribution in [2.45, 2.75) is 0 Å². The van der Waals surface area contributed by atoms with Crippen LogP contribution in [-0.2, 0) is 0 Å². The average molecular weight is 227 g/mol. The SMILES string of the molecule is Fc1cccc(-c2ncncc2Cl)c1F. The highest BCUT2D eigenvalue weighted by Crippen LogP contribution is 2.27. The molecule has 0 fully saturated rings. The summed E-state index contributed by atoms with van der Waals surface area (Å²) in [5.41, 5.74) is 0.214. The highest BCUT2D eigenvalue weighted by Gasteiger charge is 2.13. The summed E-state index contributed by atoms with van der Waals surface area (Å²) in [6.45, 7) is 0.